The van der Waals surface area contributed by atoms with Crippen molar-refractivity contribution in [1.82, 2.24) is 14.7 Å². The molecule has 0 aromatic carbocycles. The zero-order valence-corrected chi connectivity index (χ0v) is 12.1. The van der Waals surface area contributed by atoms with Crippen LogP contribution in [0.25, 0.3) is 0 Å². The maximum atomic E-state index is 11.8. The molecule has 1 rings (SSSR count). The minimum atomic E-state index is -0.00926. The van der Waals surface area contributed by atoms with E-state index in [1.165, 1.54) is 0 Å². The van der Waals surface area contributed by atoms with E-state index in [2.05, 4.69) is 27.7 Å². The molecule has 0 amide bonds. The molecule has 1 heterocycles. The predicted molar refractivity (Wildman–Crippen MR) is 72.5 cm³/mol. The van der Waals surface area contributed by atoms with Gasteiger partial charge in [-0.05, 0) is 36.4 Å². The third kappa shape index (κ3) is 3.33. The van der Waals surface area contributed by atoms with Crippen LogP contribution in [-0.4, -0.2) is 34.6 Å². The van der Waals surface area contributed by atoms with Crippen LogP contribution in [0.4, 0.5) is 0 Å². The number of ketones is 1. The predicted octanol–water partition coefficient (Wildman–Crippen LogP) is 2.33. The highest BCUT2D eigenvalue weighted by molar-refractivity contribution is 14.1. The van der Waals surface area contributed by atoms with E-state index in [-0.39, 0.29) is 11.8 Å². The average Bonchev–Trinajstić information content (AvgIpc) is 2.57. The third-order valence-corrected chi connectivity index (χ3v) is 2.80. The Bertz CT molecular complexity index is 407. The van der Waals surface area contributed by atoms with E-state index < -0.39 is 0 Å². The third-order valence-electron chi connectivity index (χ3n) is 2.01. The molecular weight excluding hydrogens is 317 g/mol. The second kappa shape index (κ2) is 5.47. The van der Waals surface area contributed by atoms with Crippen molar-refractivity contribution < 1.29 is 4.79 Å². The number of carbonyl (C=O) groups excluding carboxylic acids is 1. The molecule has 5 heteroatoms. The Morgan fingerprint density at radius 3 is 2.62 bits per heavy atom. The lowest BCUT2D eigenvalue weighted by molar-refractivity contribution is 0.104. The lowest BCUT2D eigenvalue weighted by atomic mass is 10.2. The summed E-state index contributed by atoms with van der Waals surface area (Å²) in [5.74, 6) is -0.00926. The second-order valence-electron chi connectivity index (χ2n) is 4.05. The van der Waals surface area contributed by atoms with Crippen LogP contribution in [0.2, 0.25) is 0 Å². The monoisotopic (exact) mass is 333 g/mol. The van der Waals surface area contributed by atoms with E-state index in [4.69, 9.17) is 0 Å². The first-order valence-corrected chi connectivity index (χ1v) is 6.13. The summed E-state index contributed by atoms with van der Waals surface area (Å²) < 4.78 is 2.55. The van der Waals surface area contributed by atoms with Crippen molar-refractivity contribution in [1.29, 1.82) is 0 Å². The van der Waals surface area contributed by atoms with Crippen molar-refractivity contribution in [3.8, 4) is 0 Å². The number of hydrogen-bond acceptors (Lipinski definition) is 3. The summed E-state index contributed by atoms with van der Waals surface area (Å²) in [6.45, 7) is 4.07. The fourth-order valence-corrected chi connectivity index (χ4v) is 1.76. The normalized spacial score (nSPS) is 11.4. The van der Waals surface area contributed by atoms with Gasteiger partial charge in [-0.1, -0.05) is 0 Å². The van der Waals surface area contributed by atoms with E-state index >= 15 is 0 Å². The molecule has 16 heavy (non-hydrogen) atoms. The maximum absolute atomic E-state index is 11.8. The van der Waals surface area contributed by atoms with Gasteiger partial charge in [0.2, 0.25) is 0 Å². The van der Waals surface area contributed by atoms with Crippen LogP contribution >= 0.6 is 22.6 Å². The fraction of sp³-hybridized carbons (Fsp3) is 0.455. The Morgan fingerprint density at radius 1 is 1.56 bits per heavy atom. The Labute approximate surface area is 109 Å². The van der Waals surface area contributed by atoms with Crippen molar-refractivity contribution in [2.75, 3.05) is 14.1 Å². The van der Waals surface area contributed by atoms with Crippen LogP contribution in [-0.2, 0) is 0 Å². The van der Waals surface area contributed by atoms with E-state index in [1.807, 2.05) is 32.8 Å². The molecule has 0 fully saturated rings. The summed E-state index contributed by atoms with van der Waals surface area (Å²) in [6, 6.07) is 0.271. The Morgan fingerprint density at radius 2 is 2.19 bits per heavy atom. The molecule has 0 bridgehead atoms. The molecule has 0 unspecified atom stereocenters. The van der Waals surface area contributed by atoms with E-state index in [1.54, 1.807) is 23.2 Å². The molecule has 0 radical (unpaired) electrons. The average molecular weight is 333 g/mol. The van der Waals surface area contributed by atoms with Crippen molar-refractivity contribution >= 4 is 28.4 Å². The lowest BCUT2D eigenvalue weighted by Crippen LogP contribution is -2.03. The number of allylic oxidation sites excluding steroid dienone is 1. The van der Waals surface area contributed by atoms with Gasteiger partial charge < -0.3 is 4.90 Å². The highest BCUT2D eigenvalue weighted by Gasteiger charge is 2.13. The van der Waals surface area contributed by atoms with Crippen LogP contribution in [0.1, 0.15) is 30.2 Å². The number of hydrogen-bond donors (Lipinski definition) is 0. The quantitative estimate of drug-likeness (QED) is 0.482. The molecule has 1 aromatic heterocycles. The summed E-state index contributed by atoms with van der Waals surface area (Å²) in [5, 5.41) is 4.29. The summed E-state index contributed by atoms with van der Waals surface area (Å²) in [4.78, 5) is 13.7. The number of aromatic nitrogens is 2. The highest BCUT2D eigenvalue weighted by atomic mass is 127. The summed E-state index contributed by atoms with van der Waals surface area (Å²) >= 11 is 2.09. The molecule has 0 aliphatic rings. The standard InChI is InChI=1S/C11H16IN3O/c1-8(2)15-7-9(11(12)13-15)10(16)5-6-14(3)4/h5-8H,1-4H3/b6-5+. The van der Waals surface area contributed by atoms with Gasteiger partial charge in [-0.15, -0.1) is 0 Å². The van der Waals surface area contributed by atoms with Gasteiger partial charge in [0.25, 0.3) is 0 Å². The van der Waals surface area contributed by atoms with Crippen LogP contribution in [0.5, 0.6) is 0 Å². The number of nitrogens with zero attached hydrogens (tertiary/aromatic N) is 3. The summed E-state index contributed by atoms with van der Waals surface area (Å²) in [7, 11) is 3.76. The first kappa shape index (κ1) is 13.2. The Hall–Kier alpha value is -0.850. The summed E-state index contributed by atoms with van der Waals surface area (Å²) in [6.07, 6.45) is 5.10. The van der Waals surface area contributed by atoms with E-state index in [0.717, 1.165) is 3.70 Å². The molecule has 4 nitrogen and oxygen atoms in total. The zero-order valence-electron chi connectivity index (χ0n) is 9.94. The molecule has 0 atom stereocenters. The van der Waals surface area contributed by atoms with Crippen molar-refractivity contribution in [2.45, 2.75) is 19.9 Å². The van der Waals surface area contributed by atoms with Gasteiger partial charge in [0.1, 0.15) is 3.70 Å². The van der Waals surface area contributed by atoms with Crippen LogP contribution < -0.4 is 0 Å². The molecule has 0 aliphatic heterocycles. The molecule has 0 aliphatic carbocycles. The van der Waals surface area contributed by atoms with Gasteiger partial charge >= 0.3 is 0 Å². The Balaban J connectivity index is 2.92. The van der Waals surface area contributed by atoms with Gasteiger partial charge in [-0.3, -0.25) is 9.48 Å². The van der Waals surface area contributed by atoms with Gasteiger partial charge in [0.05, 0.1) is 5.56 Å². The van der Waals surface area contributed by atoms with Crippen molar-refractivity contribution in [2.24, 2.45) is 0 Å². The van der Waals surface area contributed by atoms with Crippen LogP contribution in [0.3, 0.4) is 0 Å². The topological polar surface area (TPSA) is 38.1 Å². The lowest BCUT2D eigenvalue weighted by Gasteiger charge is -2.03. The van der Waals surface area contributed by atoms with Crippen LogP contribution in [0, 0.1) is 3.70 Å². The van der Waals surface area contributed by atoms with Crippen LogP contribution in [0.15, 0.2) is 18.5 Å². The first-order valence-electron chi connectivity index (χ1n) is 5.05. The first-order chi connectivity index (χ1) is 7.41. The van der Waals surface area contributed by atoms with Gasteiger partial charge in [-0.25, -0.2) is 0 Å². The molecule has 0 spiro atoms. The second-order valence-corrected chi connectivity index (χ2v) is 5.07. The van der Waals surface area contributed by atoms with Gasteiger partial charge in [0.15, 0.2) is 5.78 Å². The molecule has 88 valence electrons. The van der Waals surface area contributed by atoms with E-state index in [0.29, 0.717) is 5.56 Å². The minimum Gasteiger partial charge on any atom is -0.383 e. The highest BCUT2D eigenvalue weighted by Crippen LogP contribution is 2.14. The number of halogens is 1. The molecule has 0 saturated heterocycles. The smallest absolute Gasteiger partial charge is 0.191 e. The fourth-order valence-electron chi connectivity index (χ4n) is 1.11. The SMILES string of the molecule is CC(C)n1cc(C(=O)/C=C/N(C)C)c(I)n1. The maximum Gasteiger partial charge on any atom is 0.191 e. The van der Waals surface area contributed by atoms with E-state index in [9.17, 15) is 4.79 Å². The zero-order chi connectivity index (χ0) is 12.3. The van der Waals surface area contributed by atoms with Crippen molar-refractivity contribution in [3.63, 3.8) is 0 Å². The van der Waals surface area contributed by atoms with Crippen molar-refractivity contribution in [3.05, 3.63) is 27.7 Å². The largest absolute Gasteiger partial charge is 0.383 e. The van der Waals surface area contributed by atoms with Gasteiger partial charge in [-0.2, -0.15) is 5.10 Å². The Kier molecular flexibility index (Phi) is 4.52. The number of carbonyl (C=O) groups is 1. The van der Waals surface area contributed by atoms with Gasteiger partial charge in [0, 0.05) is 38.6 Å². The minimum absolute atomic E-state index is 0.00926. The number of rotatable bonds is 4. The molecular formula is C11H16IN3O. The summed E-state index contributed by atoms with van der Waals surface area (Å²) in [5.41, 5.74) is 0.660. The molecule has 1 aromatic rings. The molecule has 0 saturated carbocycles. The molecule has 0 N–H and O–H groups in total.